The first kappa shape index (κ1) is 13.1. The number of aliphatic carboxylic acids is 1. The van der Waals surface area contributed by atoms with Gasteiger partial charge >= 0.3 is 5.97 Å². The molecule has 0 aromatic heterocycles. The molecule has 4 heteroatoms. The van der Waals surface area contributed by atoms with Crippen LogP contribution in [-0.2, 0) is 11.3 Å². The fraction of sp³-hybridized carbons (Fsp3) is 0.417. The van der Waals surface area contributed by atoms with Crippen molar-refractivity contribution in [2.75, 3.05) is 6.54 Å². The second-order valence-corrected chi connectivity index (χ2v) is 4.94. The average molecular weight is 239 g/mol. The van der Waals surface area contributed by atoms with E-state index in [9.17, 15) is 4.79 Å². The number of hydrogen-bond acceptors (Lipinski definition) is 3. The molecule has 0 amide bonds. The highest BCUT2D eigenvalue weighted by molar-refractivity contribution is 8.00. The van der Waals surface area contributed by atoms with Gasteiger partial charge in [-0.25, -0.2) is 0 Å². The van der Waals surface area contributed by atoms with E-state index in [2.05, 4.69) is 12.2 Å². The van der Waals surface area contributed by atoms with E-state index in [0.717, 1.165) is 18.0 Å². The molecule has 16 heavy (non-hydrogen) atoms. The molecule has 2 N–H and O–H groups in total. The van der Waals surface area contributed by atoms with Crippen LogP contribution in [0.5, 0.6) is 0 Å². The maximum atomic E-state index is 10.7. The molecule has 0 saturated heterocycles. The summed E-state index contributed by atoms with van der Waals surface area (Å²) in [7, 11) is 0. The van der Waals surface area contributed by atoms with Crippen molar-refractivity contribution in [2.24, 2.45) is 0 Å². The van der Waals surface area contributed by atoms with Gasteiger partial charge in [0.25, 0.3) is 0 Å². The molecule has 1 atom stereocenters. The van der Waals surface area contributed by atoms with Crippen LogP contribution in [0.4, 0.5) is 0 Å². The SMILES string of the molecule is CCNCc1ccc(SC(C)C(=O)O)cc1. The van der Waals surface area contributed by atoms with Crippen molar-refractivity contribution in [1.82, 2.24) is 5.32 Å². The van der Waals surface area contributed by atoms with Crippen molar-refractivity contribution < 1.29 is 9.90 Å². The highest BCUT2D eigenvalue weighted by Gasteiger charge is 2.11. The van der Waals surface area contributed by atoms with Gasteiger partial charge in [-0.05, 0) is 31.2 Å². The highest BCUT2D eigenvalue weighted by atomic mass is 32.2. The Morgan fingerprint density at radius 1 is 1.44 bits per heavy atom. The third-order valence-electron chi connectivity index (χ3n) is 2.16. The maximum absolute atomic E-state index is 10.7. The standard InChI is InChI=1S/C12H17NO2S/c1-3-13-8-10-4-6-11(7-5-10)16-9(2)12(14)15/h4-7,9,13H,3,8H2,1-2H3,(H,14,15). The minimum absolute atomic E-state index is 0.403. The Hall–Kier alpha value is -1.00. The summed E-state index contributed by atoms with van der Waals surface area (Å²) in [4.78, 5) is 11.7. The Balaban J connectivity index is 2.54. The Labute approximate surface area is 100 Å². The summed E-state index contributed by atoms with van der Waals surface area (Å²) in [6.07, 6.45) is 0. The minimum Gasteiger partial charge on any atom is -0.480 e. The van der Waals surface area contributed by atoms with Crippen LogP contribution in [0.2, 0.25) is 0 Å². The molecule has 0 spiro atoms. The second kappa shape index (κ2) is 6.55. The van der Waals surface area contributed by atoms with Crippen LogP contribution in [0.15, 0.2) is 29.2 Å². The van der Waals surface area contributed by atoms with E-state index >= 15 is 0 Å². The first-order valence-corrected chi connectivity index (χ1v) is 6.20. The number of thioether (sulfide) groups is 1. The number of nitrogens with one attached hydrogen (secondary N) is 1. The third kappa shape index (κ3) is 4.24. The van der Waals surface area contributed by atoms with Gasteiger partial charge in [0.2, 0.25) is 0 Å². The summed E-state index contributed by atoms with van der Waals surface area (Å²) in [5, 5.41) is 11.6. The van der Waals surface area contributed by atoms with Crippen LogP contribution in [0.3, 0.4) is 0 Å². The van der Waals surface area contributed by atoms with Crippen molar-refractivity contribution in [3.8, 4) is 0 Å². The van der Waals surface area contributed by atoms with Crippen molar-refractivity contribution in [1.29, 1.82) is 0 Å². The van der Waals surface area contributed by atoms with E-state index in [-0.39, 0.29) is 0 Å². The molecule has 0 saturated carbocycles. The van der Waals surface area contributed by atoms with Crippen molar-refractivity contribution in [3.05, 3.63) is 29.8 Å². The fourth-order valence-corrected chi connectivity index (χ4v) is 2.01. The van der Waals surface area contributed by atoms with E-state index in [1.807, 2.05) is 24.3 Å². The zero-order chi connectivity index (χ0) is 12.0. The summed E-state index contributed by atoms with van der Waals surface area (Å²) in [6.45, 7) is 5.57. The van der Waals surface area contributed by atoms with Gasteiger partial charge in [-0.1, -0.05) is 19.1 Å². The predicted octanol–water partition coefficient (Wildman–Crippen LogP) is 2.36. The van der Waals surface area contributed by atoms with E-state index in [1.54, 1.807) is 6.92 Å². The van der Waals surface area contributed by atoms with E-state index < -0.39 is 11.2 Å². The number of rotatable bonds is 6. The monoisotopic (exact) mass is 239 g/mol. The van der Waals surface area contributed by atoms with Gasteiger partial charge in [0.05, 0.1) is 0 Å². The summed E-state index contributed by atoms with van der Waals surface area (Å²) in [5.41, 5.74) is 1.22. The van der Waals surface area contributed by atoms with Gasteiger partial charge in [-0.3, -0.25) is 4.79 Å². The first-order valence-electron chi connectivity index (χ1n) is 5.32. The highest BCUT2D eigenvalue weighted by Crippen LogP contribution is 2.23. The lowest BCUT2D eigenvalue weighted by Crippen LogP contribution is -2.12. The molecule has 0 heterocycles. The van der Waals surface area contributed by atoms with Crippen molar-refractivity contribution >= 4 is 17.7 Å². The van der Waals surface area contributed by atoms with Gasteiger partial charge in [0, 0.05) is 11.4 Å². The molecule has 1 aromatic rings. The van der Waals surface area contributed by atoms with Gasteiger partial charge in [-0.2, -0.15) is 0 Å². The van der Waals surface area contributed by atoms with Crippen LogP contribution >= 0.6 is 11.8 Å². The molecule has 0 aliphatic rings. The molecule has 0 aliphatic carbocycles. The number of carbonyl (C=O) groups is 1. The maximum Gasteiger partial charge on any atom is 0.316 e. The molecule has 0 radical (unpaired) electrons. The fourth-order valence-electron chi connectivity index (χ4n) is 1.21. The number of carboxylic acid groups (broad SMARTS) is 1. The van der Waals surface area contributed by atoms with Crippen molar-refractivity contribution in [2.45, 2.75) is 30.5 Å². The van der Waals surface area contributed by atoms with E-state index in [0.29, 0.717) is 0 Å². The third-order valence-corrected chi connectivity index (χ3v) is 3.26. The molecule has 3 nitrogen and oxygen atoms in total. The van der Waals surface area contributed by atoms with Gasteiger partial charge in [0.15, 0.2) is 0 Å². The number of benzene rings is 1. The lowest BCUT2D eigenvalue weighted by molar-refractivity contribution is -0.136. The zero-order valence-corrected chi connectivity index (χ0v) is 10.4. The largest absolute Gasteiger partial charge is 0.480 e. The normalized spacial score (nSPS) is 12.4. The summed E-state index contributed by atoms with van der Waals surface area (Å²) >= 11 is 1.36. The van der Waals surface area contributed by atoms with Gasteiger partial charge < -0.3 is 10.4 Å². The van der Waals surface area contributed by atoms with Crippen LogP contribution in [0, 0.1) is 0 Å². The van der Waals surface area contributed by atoms with E-state index in [4.69, 9.17) is 5.11 Å². The second-order valence-electron chi connectivity index (χ2n) is 3.52. The number of carboxylic acids is 1. The Morgan fingerprint density at radius 2 is 2.06 bits per heavy atom. The topological polar surface area (TPSA) is 49.3 Å². The molecule has 1 unspecified atom stereocenters. The molecule has 0 fully saturated rings. The summed E-state index contributed by atoms with van der Waals surface area (Å²) in [5.74, 6) is -0.776. The molecule has 1 aromatic carbocycles. The molecule has 88 valence electrons. The first-order chi connectivity index (χ1) is 7.63. The molecule has 1 rings (SSSR count). The smallest absolute Gasteiger partial charge is 0.316 e. The van der Waals surface area contributed by atoms with Crippen LogP contribution < -0.4 is 5.32 Å². The lowest BCUT2D eigenvalue weighted by Gasteiger charge is -2.07. The quantitative estimate of drug-likeness (QED) is 0.748. The predicted molar refractivity (Wildman–Crippen MR) is 66.8 cm³/mol. The molecule has 0 bridgehead atoms. The van der Waals surface area contributed by atoms with E-state index in [1.165, 1.54) is 17.3 Å². The molecular formula is C12H17NO2S. The lowest BCUT2D eigenvalue weighted by atomic mass is 10.2. The Kier molecular flexibility index (Phi) is 5.35. The Bertz CT molecular complexity index is 337. The average Bonchev–Trinajstić information content (AvgIpc) is 2.28. The number of hydrogen-bond donors (Lipinski definition) is 2. The minimum atomic E-state index is -0.776. The summed E-state index contributed by atoms with van der Waals surface area (Å²) < 4.78 is 0. The summed E-state index contributed by atoms with van der Waals surface area (Å²) in [6, 6.07) is 7.99. The zero-order valence-electron chi connectivity index (χ0n) is 9.56. The van der Waals surface area contributed by atoms with Gasteiger partial charge in [-0.15, -0.1) is 11.8 Å². The van der Waals surface area contributed by atoms with Crippen LogP contribution in [0.1, 0.15) is 19.4 Å². The van der Waals surface area contributed by atoms with Gasteiger partial charge in [0.1, 0.15) is 5.25 Å². The van der Waals surface area contributed by atoms with Crippen LogP contribution in [0.25, 0.3) is 0 Å². The van der Waals surface area contributed by atoms with Crippen LogP contribution in [-0.4, -0.2) is 22.9 Å². The molecular weight excluding hydrogens is 222 g/mol. The van der Waals surface area contributed by atoms with Crippen molar-refractivity contribution in [3.63, 3.8) is 0 Å². The Morgan fingerprint density at radius 3 is 2.56 bits per heavy atom. The molecule has 0 aliphatic heterocycles.